The molecule has 17 rings (SSSR count). The number of rotatable bonds is 7. The Hall–Kier alpha value is -10.5. The van der Waals surface area contributed by atoms with Gasteiger partial charge in [0.15, 0.2) is 5.58 Å². The summed E-state index contributed by atoms with van der Waals surface area (Å²) < 4.78 is 9.38. The van der Waals surface area contributed by atoms with Gasteiger partial charge in [-0.1, -0.05) is 218 Å². The van der Waals surface area contributed by atoms with E-state index in [0.29, 0.717) is 0 Å². The number of fused-ring (bicyclic) bond motifs is 18. The van der Waals surface area contributed by atoms with Gasteiger partial charge in [-0.05, 0) is 161 Å². The van der Waals surface area contributed by atoms with Crippen LogP contribution >= 0.6 is 0 Å². The topological polar surface area (TPSA) is 21.3 Å². The first-order valence-electron chi connectivity index (χ1n) is 27.6. The summed E-state index contributed by atoms with van der Waals surface area (Å²) in [6, 6.07) is 107. The maximum Gasteiger partial charge on any atom is 0.159 e. The highest BCUT2D eigenvalue weighted by atomic mass is 16.3. The van der Waals surface area contributed by atoms with Crippen molar-refractivity contribution in [3.8, 4) is 61.3 Å². The van der Waals surface area contributed by atoms with Gasteiger partial charge in [0.05, 0.1) is 22.1 Å². The molecule has 0 saturated carbocycles. The monoisotopic (exact) mass is 1020 g/mol. The molecule has 0 atom stereocenters. The van der Waals surface area contributed by atoms with Crippen molar-refractivity contribution in [3.63, 3.8) is 0 Å². The fraction of sp³-hybridized carbons (Fsp3) is 0.0130. The summed E-state index contributed by atoms with van der Waals surface area (Å²) in [5.41, 5.74) is 25.1. The van der Waals surface area contributed by atoms with Crippen molar-refractivity contribution in [1.82, 2.24) is 4.57 Å². The number of aromatic nitrogens is 1. The van der Waals surface area contributed by atoms with Gasteiger partial charge in [-0.15, -0.1) is 0 Å². The summed E-state index contributed by atoms with van der Waals surface area (Å²) in [7, 11) is 0. The molecule has 0 saturated heterocycles. The zero-order chi connectivity index (χ0) is 52.5. The Bertz CT molecular complexity index is 4960. The Morgan fingerprint density at radius 2 is 0.900 bits per heavy atom. The molecule has 2 aliphatic rings. The largest absolute Gasteiger partial charge is 0.454 e. The van der Waals surface area contributed by atoms with E-state index in [1.807, 2.05) is 0 Å². The number of benzene rings is 13. The van der Waals surface area contributed by atoms with Crippen molar-refractivity contribution < 1.29 is 4.42 Å². The Morgan fingerprint density at radius 1 is 0.325 bits per heavy atom. The van der Waals surface area contributed by atoms with Gasteiger partial charge in [0.2, 0.25) is 0 Å². The molecule has 3 heteroatoms. The lowest BCUT2D eigenvalue weighted by molar-refractivity contribution is 0.669. The molecule has 0 bridgehead atoms. The van der Waals surface area contributed by atoms with Crippen molar-refractivity contribution in [2.24, 2.45) is 0 Å². The number of furan rings is 1. The van der Waals surface area contributed by atoms with Gasteiger partial charge in [0.1, 0.15) is 5.58 Å². The number of hydrogen-bond acceptors (Lipinski definition) is 2. The highest BCUT2D eigenvalue weighted by molar-refractivity contribution is 6.20. The summed E-state index contributed by atoms with van der Waals surface area (Å²) in [4.78, 5) is 2.40. The van der Waals surface area contributed by atoms with Crippen LogP contribution in [0.5, 0.6) is 0 Å². The number of anilines is 3. The van der Waals surface area contributed by atoms with E-state index < -0.39 is 5.41 Å². The van der Waals surface area contributed by atoms with Gasteiger partial charge in [0, 0.05) is 38.6 Å². The highest BCUT2D eigenvalue weighted by Crippen LogP contribution is 2.64. The third-order valence-electron chi connectivity index (χ3n) is 17.4. The second-order valence-corrected chi connectivity index (χ2v) is 21.5. The smallest absolute Gasteiger partial charge is 0.159 e. The molecule has 1 spiro atoms. The van der Waals surface area contributed by atoms with Gasteiger partial charge in [-0.2, -0.15) is 0 Å². The molecule has 0 unspecified atom stereocenters. The van der Waals surface area contributed by atoms with Crippen molar-refractivity contribution >= 4 is 71.6 Å². The van der Waals surface area contributed by atoms with Crippen LogP contribution in [-0.2, 0) is 5.41 Å². The van der Waals surface area contributed by atoms with E-state index in [0.717, 1.165) is 72.5 Å². The van der Waals surface area contributed by atoms with E-state index in [2.05, 4.69) is 301 Å². The summed E-state index contributed by atoms with van der Waals surface area (Å²) in [5.74, 6) is 0. The minimum Gasteiger partial charge on any atom is -0.454 e. The molecule has 0 amide bonds. The quantitative estimate of drug-likeness (QED) is 0.159. The van der Waals surface area contributed by atoms with E-state index in [1.54, 1.807) is 0 Å². The van der Waals surface area contributed by atoms with Gasteiger partial charge in [-0.3, -0.25) is 0 Å². The molecule has 372 valence electrons. The minimum atomic E-state index is -0.473. The molecular formula is C77H48N2O. The number of hydrogen-bond donors (Lipinski definition) is 0. The Labute approximate surface area is 463 Å². The normalized spacial score (nSPS) is 12.8. The molecule has 3 nitrogen and oxygen atoms in total. The van der Waals surface area contributed by atoms with Crippen LogP contribution in [0.4, 0.5) is 17.1 Å². The average Bonchev–Trinajstić information content (AvgIpc) is 3.74. The van der Waals surface area contributed by atoms with Crippen LogP contribution in [0.15, 0.2) is 296 Å². The molecule has 13 aromatic carbocycles. The van der Waals surface area contributed by atoms with Crippen LogP contribution < -0.4 is 4.90 Å². The predicted molar refractivity (Wildman–Crippen MR) is 333 cm³/mol. The fourth-order valence-corrected chi connectivity index (χ4v) is 14.0. The lowest BCUT2D eigenvalue weighted by Gasteiger charge is -2.30. The molecule has 0 N–H and O–H groups in total. The highest BCUT2D eigenvalue weighted by Gasteiger charge is 2.52. The van der Waals surface area contributed by atoms with Crippen LogP contribution in [0.2, 0.25) is 0 Å². The first-order valence-corrected chi connectivity index (χ1v) is 27.6. The van der Waals surface area contributed by atoms with E-state index in [4.69, 9.17) is 4.42 Å². The lowest BCUT2D eigenvalue weighted by Crippen LogP contribution is -2.25. The summed E-state index contributed by atoms with van der Waals surface area (Å²) in [5, 5.41) is 7.05. The minimum absolute atomic E-state index is 0.473. The summed E-state index contributed by atoms with van der Waals surface area (Å²) in [6.45, 7) is 0. The molecule has 2 aliphatic carbocycles. The second kappa shape index (κ2) is 17.3. The third-order valence-corrected chi connectivity index (χ3v) is 17.4. The zero-order valence-electron chi connectivity index (χ0n) is 43.5. The lowest BCUT2D eigenvalue weighted by atomic mass is 9.70. The van der Waals surface area contributed by atoms with Gasteiger partial charge in [-0.25, -0.2) is 0 Å². The van der Waals surface area contributed by atoms with Crippen molar-refractivity contribution in [2.75, 3.05) is 4.90 Å². The molecule has 2 heterocycles. The van der Waals surface area contributed by atoms with E-state index >= 15 is 0 Å². The van der Waals surface area contributed by atoms with E-state index in [9.17, 15) is 0 Å². The first-order chi connectivity index (χ1) is 39.7. The predicted octanol–water partition coefficient (Wildman–Crippen LogP) is 20.7. The van der Waals surface area contributed by atoms with Gasteiger partial charge < -0.3 is 13.9 Å². The standard InChI is InChI=1S/C77H48N2O/c1-3-19-49(20-4-1)50-37-40-56(41-38-50)78(72-35-18-31-63-62-28-12-16-36-73(62)80-76(63)72)57-46-53(45-54(47-57)59-30-17-22-51-21-7-8-25-58(51)59)52-39-43-70-65(48-52)75-71(79(70)55-23-5-2-6-24-55)44-42-69-74(75)64-29-11-15-34-68(64)77(69)66-32-13-9-26-60(66)61-27-10-14-33-67(61)77/h1-48H. The van der Waals surface area contributed by atoms with Crippen LogP contribution in [0.1, 0.15) is 22.3 Å². The number of para-hydroxylation sites is 3. The summed E-state index contributed by atoms with van der Waals surface area (Å²) >= 11 is 0. The summed E-state index contributed by atoms with van der Waals surface area (Å²) in [6.07, 6.45) is 0. The van der Waals surface area contributed by atoms with Crippen molar-refractivity contribution in [2.45, 2.75) is 5.41 Å². The van der Waals surface area contributed by atoms with Gasteiger partial charge in [0.25, 0.3) is 0 Å². The molecule has 0 aliphatic heterocycles. The van der Waals surface area contributed by atoms with Crippen LogP contribution in [-0.4, -0.2) is 4.57 Å². The average molecular weight is 1020 g/mol. The maximum atomic E-state index is 6.91. The van der Waals surface area contributed by atoms with E-state index in [1.165, 1.54) is 82.7 Å². The second-order valence-electron chi connectivity index (χ2n) is 21.5. The Morgan fingerprint density at radius 3 is 1.69 bits per heavy atom. The van der Waals surface area contributed by atoms with Crippen LogP contribution in [0, 0.1) is 0 Å². The van der Waals surface area contributed by atoms with Crippen LogP contribution in [0.3, 0.4) is 0 Å². The van der Waals surface area contributed by atoms with Gasteiger partial charge >= 0.3 is 0 Å². The fourth-order valence-electron chi connectivity index (χ4n) is 14.0. The molecule has 0 fully saturated rings. The Kier molecular flexibility index (Phi) is 9.63. The molecule has 2 aromatic heterocycles. The molecular weight excluding hydrogens is 969 g/mol. The molecule has 80 heavy (non-hydrogen) atoms. The third kappa shape index (κ3) is 6.37. The van der Waals surface area contributed by atoms with Crippen molar-refractivity contribution in [1.29, 1.82) is 0 Å². The number of nitrogens with zero attached hydrogens (tertiary/aromatic N) is 2. The SMILES string of the molecule is c1ccc(-c2ccc(N(c3cc(-c4ccc5c(c4)c4c6c(ccc4n5-c4ccccc4)C4(c5ccccc5-c5ccccc54)c4ccccc4-6)cc(-c4cccc5ccccc45)c3)c3cccc4c3oc3ccccc34)cc2)cc1. The van der Waals surface area contributed by atoms with Crippen LogP contribution in [0.25, 0.3) is 116 Å². The Balaban J connectivity index is 0.953. The van der Waals surface area contributed by atoms with Crippen molar-refractivity contribution in [3.05, 3.63) is 313 Å². The van der Waals surface area contributed by atoms with E-state index in [-0.39, 0.29) is 0 Å². The zero-order valence-corrected chi connectivity index (χ0v) is 43.5. The first kappa shape index (κ1) is 44.6. The molecule has 0 radical (unpaired) electrons. The maximum absolute atomic E-state index is 6.91. The molecule has 15 aromatic rings.